The van der Waals surface area contributed by atoms with Crippen molar-refractivity contribution in [3.05, 3.63) is 74.8 Å². The fraction of sp³-hybridized carbons (Fsp3) is 0.174. The molecule has 0 saturated heterocycles. The number of nitrogens with two attached hydrogens (primary N) is 3. The second kappa shape index (κ2) is 9.74. The Labute approximate surface area is 208 Å². The number of alkyl halides is 2. The van der Waals surface area contributed by atoms with Crippen molar-refractivity contribution in [2.75, 3.05) is 16.8 Å². The van der Waals surface area contributed by atoms with Crippen molar-refractivity contribution in [2.24, 2.45) is 5.73 Å². The fourth-order valence-electron chi connectivity index (χ4n) is 3.83. The zero-order valence-corrected chi connectivity index (χ0v) is 19.6. The van der Waals surface area contributed by atoms with Gasteiger partial charge in [0, 0.05) is 11.1 Å². The van der Waals surface area contributed by atoms with Crippen LogP contribution in [0.3, 0.4) is 0 Å². The Morgan fingerprint density at radius 2 is 1.86 bits per heavy atom. The molecular weight excluding hydrogens is 494 g/mol. The molecule has 0 spiro atoms. The number of fused-ring (bicyclic) bond motifs is 1. The van der Waals surface area contributed by atoms with Crippen molar-refractivity contribution in [3.8, 4) is 5.69 Å². The maximum Gasteiger partial charge on any atom is 0.266 e. The minimum absolute atomic E-state index is 0.00745. The maximum atomic E-state index is 13.8. The Balaban J connectivity index is 2.02. The molecule has 0 aliphatic heterocycles. The third kappa shape index (κ3) is 4.50. The molecule has 0 radical (unpaired) electrons. The van der Waals surface area contributed by atoms with Gasteiger partial charge in [-0.05, 0) is 30.7 Å². The average Bonchev–Trinajstić information content (AvgIpc) is 2.84. The van der Waals surface area contributed by atoms with E-state index < -0.39 is 29.5 Å². The molecular formula is C23H21ClF2N8O2. The third-order valence-electron chi connectivity index (χ3n) is 5.50. The van der Waals surface area contributed by atoms with Crippen molar-refractivity contribution < 1.29 is 13.6 Å². The number of halogens is 3. The van der Waals surface area contributed by atoms with Gasteiger partial charge >= 0.3 is 0 Å². The standard InChI is InChI=1S/C23H21ClF2N8O2/c1-2-13(30-20-16(24)18(27)32-23(29)33-20)21-31-14-8-4-7-12(17(25)26)15(14)22(36)34(21)11-6-3-5-10(9-11)19(28)35/h3-9,13,17H,2H2,1H3,(H2,28,35)(H5,27,29,30,32,33). The van der Waals surface area contributed by atoms with Gasteiger partial charge in [0.25, 0.3) is 12.0 Å². The molecule has 1 atom stereocenters. The highest BCUT2D eigenvalue weighted by molar-refractivity contribution is 6.35. The topological polar surface area (TPSA) is 168 Å². The van der Waals surface area contributed by atoms with E-state index in [1.807, 2.05) is 0 Å². The molecule has 2 aromatic carbocycles. The number of nitrogens with zero attached hydrogens (tertiary/aromatic N) is 4. The van der Waals surface area contributed by atoms with E-state index in [0.29, 0.717) is 6.42 Å². The summed E-state index contributed by atoms with van der Waals surface area (Å²) in [6.45, 7) is 1.80. The molecule has 13 heteroatoms. The normalized spacial score (nSPS) is 12.1. The van der Waals surface area contributed by atoms with Gasteiger partial charge in [0.15, 0.2) is 5.82 Å². The highest BCUT2D eigenvalue weighted by Crippen LogP contribution is 2.32. The quantitative estimate of drug-likeness (QED) is 0.290. The van der Waals surface area contributed by atoms with Crippen LogP contribution in [0.5, 0.6) is 0 Å². The van der Waals surface area contributed by atoms with Gasteiger partial charge < -0.3 is 22.5 Å². The summed E-state index contributed by atoms with van der Waals surface area (Å²) < 4.78 is 28.8. The molecule has 4 aromatic rings. The van der Waals surface area contributed by atoms with Crippen LogP contribution >= 0.6 is 11.6 Å². The van der Waals surface area contributed by atoms with Crippen LogP contribution in [0.1, 0.15) is 47.6 Å². The first-order valence-corrected chi connectivity index (χ1v) is 11.1. The first kappa shape index (κ1) is 24.8. The number of carbonyl (C=O) groups excluding carboxylic acids is 1. The van der Waals surface area contributed by atoms with Gasteiger partial charge in [-0.3, -0.25) is 14.2 Å². The van der Waals surface area contributed by atoms with Gasteiger partial charge in [-0.15, -0.1) is 0 Å². The summed E-state index contributed by atoms with van der Waals surface area (Å²) in [4.78, 5) is 38.0. The summed E-state index contributed by atoms with van der Waals surface area (Å²) in [6, 6.07) is 9.22. The molecule has 186 valence electrons. The Morgan fingerprint density at radius 3 is 2.53 bits per heavy atom. The van der Waals surface area contributed by atoms with E-state index in [1.54, 1.807) is 6.92 Å². The minimum Gasteiger partial charge on any atom is -0.382 e. The lowest BCUT2D eigenvalue weighted by Gasteiger charge is -2.23. The smallest absolute Gasteiger partial charge is 0.266 e. The van der Waals surface area contributed by atoms with Gasteiger partial charge in [0.2, 0.25) is 11.9 Å². The largest absolute Gasteiger partial charge is 0.382 e. The molecule has 1 amide bonds. The first-order chi connectivity index (χ1) is 17.1. The monoisotopic (exact) mass is 514 g/mol. The summed E-state index contributed by atoms with van der Waals surface area (Å²) in [5, 5.41) is 2.83. The molecule has 7 N–H and O–H groups in total. The van der Waals surface area contributed by atoms with Crippen LogP contribution in [-0.2, 0) is 0 Å². The number of rotatable bonds is 7. The molecule has 0 fully saturated rings. The lowest BCUT2D eigenvalue weighted by molar-refractivity contribution is 0.1000. The fourth-order valence-corrected chi connectivity index (χ4v) is 3.97. The lowest BCUT2D eigenvalue weighted by atomic mass is 10.1. The molecule has 0 aliphatic rings. The number of hydrogen-bond donors (Lipinski definition) is 4. The summed E-state index contributed by atoms with van der Waals surface area (Å²) in [5.41, 5.74) is 16.1. The van der Waals surface area contributed by atoms with Crippen molar-refractivity contribution in [3.63, 3.8) is 0 Å². The van der Waals surface area contributed by atoms with E-state index in [-0.39, 0.29) is 50.6 Å². The molecule has 4 rings (SSSR count). The van der Waals surface area contributed by atoms with Crippen LogP contribution in [0.4, 0.5) is 26.4 Å². The number of hydrogen-bond acceptors (Lipinski definition) is 8. The van der Waals surface area contributed by atoms with Gasteiger partial charge in [-0.2, -0.15) is 9.97 Å². The van der Waals surface area contributed by atoms with Crippen molar-refractivity contribution in [1.82, 2.24) is 19.5 Å². The molecule has 0 bridgehead atoms. The molecule has 0 saturated carbocycles. The third-order valence-corrected chi connectivity index (χ3v) is 5.88. The highest BCUT2D eigenvalue weighted by Gasteiger charge is 2.25. The number of nitrogens with one attached hydrogen (secondary N) is 1. The van der Waals surface area contributed by atoms with Gasteiger partial charge in [0.1, 0.15) is 16.7 Å². The maximum absolute atomic E-state index is 13.8. The van der Waals surface area contributed by atoms with Crippen LogP contribution in [-0.4, -0.2) is 25.4 Å². The molecule has 1 unspecified atom stereocenters. The van der Waals surface area contributed by atoms with E-state index in [4.69, 9.17) is 28.8 Å². The zero-order chi connectivity index (χ0) is 26.1. The Hall–Kier alpha value is -4.32. The Morgan fingerprint density at radius 1 is 1.14 bits per heavy atom. The number of benzene rings is 2. The van der Waals surface area contributed by atoms with E-state index in [1.165, 1.54) is 42.5 Å². The Bertz CT molecular complexity index is 1540. The Kier molecular flexibility index (Phi) is 6.71. The van der Waals surface area contributed by atoms with Crippen molar-refractivity contribution >= 4 is 46.0 Å². The van der Waals surface area contributed by atoms with Gasteiger partial charge in [-0.25, -0.2) is 13.8 Å². The highest BCUT2D eigenvalue weighted by atomic mass is 35.5. The van der Waals surface area contributed by atoms with Crippen LogP contribution in [0.25, 0.3) is 16.6 Å². The summed E-state index contributed by atoms with van der Waals surface area (Å²) in [5.74, 6) is -0.663. The summed E-state index contributed by atoms with van der Waals surface area (Å²) >= 11 is 6.26. The van der Waals surface area contributed by atoms with Crippen LogP contribution in [0, 0.1) is 0 Å². The minimum atomic E-state index is -2.91. The number of nitrogen functional groups attached to an aromatic ring is 2. The predicted octanol–water partition coefficient (Wildman–Crippen LogP) is 3.59. The number of aromatic nitrogens is 4. The predicted molar refractivity (Wildman–Crippen MR) is 133 cm³/mol. The van der Waals surface area contributed by atoms with E-state index in [0.717, 1.165) is 4.57 Å². The van der Waals surface area contributed by atoms with Gasteiger partial charge in [0.05, 0.1) is 22.6 Å². The molecule has 10 nitrogen and oxygen atoms in total. The van der Waals surface area contributed by atoms with Crippen LogP contribution in [0.2, 0.25) is 5.02 Å². The van der Waals surface area contributed by atoms with Crippen LogP contribution < -0.4 is 28.1 Å². The SMILES string of the molecule is CCC(Nc1nc(N)nc(N)c1Cl)c1nc2cccc(C(F)F)c2c(=O)n1-c1cccc(C(N)=O)c1. The first-order valence-electron chi connectivity index (χ1n) is 10.7. The van der Waals surface area contributed by atoms with Crippen molar-refractivity contribution in [2.45, 2.75) is 25.8 Å². The van der Waals surface area contributed by atoms with E-state index in [9.17, 15) is 18.4 Å². The molecule has 0 aliphatic carbocycles. The van der Waals surface area contributed by atoms with Gasteiger partial charge in [-0.1, -0.05) is 36.7 Å². The zero-order valence-electron chi connectivity index (χ0n) is 18.9. The second-order valence-corrected chi connectivity index (χ2v) is 8.18. The second-order valence-electron chi connectivity index (χ2n) is 7.80. The summed E-state index contributed by atoms with van der Waals surface area (Å²) in [6.07, 6.45) is -2.56. The lowest BCUT2D eigenvalue weighted by Crippen LogP contribution is -2.29. The van der Waals surface area contributed by atoms with E-state index >= 15 is 0 Å². The molecule has 36 heavy (non-hydrogen) atoms. The van der Waals surface area contributed by atoms with Crippen LogP contribution in [0.15, 0.2) is 47.3 Å². The number of amides is 1. The molecule has 2 aromatic heterocycles. The summed E-state index contributed by atoms with van der Waals surface area (Å²) in [7, 11) is 0. The van der Waals surface area contributed by atoms with Crippen molar-refractivity contribution in [1.29, 1.82) is 0 Å². The average molecular weight is 515 g/mol. The number of carbonyl (C=O) groups is 1. The molecule has 2 heterocycles. The number of anilines is 3. The van der Waals surface area contributed by atoms with E-state index in [2.05, 4.69) is 20.3 Å². The number of primary amides is 1.